The number of anilines is 1. The molecule has 7 nitrogen and oxygen atoms in total. The van der Waals surface area contributed by atoms with Crippen molar-refractivity contribution in [1.29, 1.82) is 0 Å². The molecule has 3 aromatic rings. The van der Waals surface area contributed by atoms with E-state index in [0.717, 1.165) is 11.3 Å². The van der Waals surface area contributed by atoms with E-state index >= 15 is 0 Å². The van der Waals surface area contributed by atoms with Crippen LogP contribution in [0.4, 0.5) is 5.69 Å². The van der Waals surface area contributed by atoms with Crippen molar-refractivity contribution < 1.29 is 14.3 Å². The predicted octanol–water partition coefficient (Wildman–Crippen LogP) is 2.30. The predicted molar refractivity (Wildman–Crippen MR) is 104 cm³/mol. The Bertz CT molecular complexity index is 1000. The molecule has 1 N–H and O–H groups in total. The van der Waals surface area contributed by atoms with Gasteiger partial charge in [0.15, 0.2) is 6.10 Å². The molecule has 2 heterocycles. The molecule has 142 valence electrons. The fourth-order valence-electron chi connectivity index (χ4n) is 3.15. The second kappa shape index (κ2) is 7.56. The van der Waals surface area contributed by atoms with E-state index in [4.69, 9.17) is 4.74 Å². The van der Waals surface area contributed by atoms with Crippen molar-refractivity contribution in [3.05, 3.63) is 72.6 Å². The Hall–Kier alpha value is -3.61. The van der Waals surface area contributed by atoms with Crippen LogP contribution in [-0.4, -0.2) is 34.2 Å². The molecule has 0 unspecified atom stereocenters. The molecule has 2 aromatic carbocycles. The molecule has 2 amide bonds. The summed E-state index contributed by atoms with van der Waals surface area (Å²) in [5.41, 5.74) is 2.50. The fourth-order valence-corrected chi connectivity index (χ4v) is 3.15. The van der Waals surface area contributed by atoms with Crippen LogP contribution in [0.2, 0.25) is 0 Å². The van der Waals surface area contributed by atoms with Crippen LogP contribution in [-0.2, 0) is 16.1 Å². The number of carbonyl (C=O) groups excluding carboxylic acids is 2. The Morgan fingerprint density at radius 2 is 1.89 bits per heavy atom. The maximum atomic E-state index is 12.6. The highest BCUT2D eigenvalue weighted by molar-refractivity contribution is 5.95. The molecule has 0 saturated carbocycles. The third-order valence-electron chi connectivity index (χ3n) is 4.57. The number of benzene rings is 2. The Morgan fingerprint density at radius 3 is 2.68 bits per heavy atom. The van der Waals surface area contributed by atoms with Crippen LogP contribution < -0.4 is 15.0 Å². The molecule has 1 aliphatic heterocycles. The average molecular weight is 376 g/mol. The molecule has 1 aromatic heterocycles. The van der Waals surface area contributed by atoms with Crippen molar-refractivity contribution in [2.45, 2.75) is 19.6 Å². The van der Waals surface area contributed by atoms with Gasteiger partial charge in [0.05, 0.1) is 24.1 Å². The molecule has 0 fully saturated rings. The van der Waals surface area contributed by atoms with E-state index in [-0.39, 0.29) is 18.4 Å². The number of nitrogens with zero attached hydrogens (tertiary/aromatic N) is 3. The van der Waals surface area contributed by atoms with E-state index in [2.05, 4.69) is 10.4 Å². The summed E-state index contributed by atoms with van der Waals surface area (Å²) in [5.74, 6) is 0.131. The first-order chi connectivity index (χ1) is 13.6. The average Bonchev–Trinajstić information content (AvgIpc) is 3.21. The second-order valence-electron chi connectivity index (χ2n) is 6.55. The Labute approximate surface area is 162 Å². The molecule has 0 radical (unpaired) electrons. The van der Waals surface area contributed by atoms with Crippen LogP contribution in [0.5, 0.6) is 5.75 Å². The van der Waals surface area contributed by atoms with Crippen LogP contribution >= 0.6 is 0 Å². The normalized spacial score (nSPS) is 15.5. The first-order valence-electron chi connectivity index (χ1n) is 9.02. The van der Waals surface area contributed by atoms with Crippen molar-refractivity contribution in [3.8, 4) is 11.4 Å². The number of carbonyl (C=O) groups is 2. The smallest absolute Gasteiger partial charge is 0.263 e. The molecule has 1 aliphatic rings. The number of fused-ring (bicyclic) bond motifs is 1. The van der Waals surface area contributed by atoms with Crippen molar-refractivity contribution in [2.24, 2.45) is 0 Å². The molecule has 4 rings (SSSR count). The summed E-state index contributed by atoms with van der Waals surface area (Å²) < 4.78 is 7.57. The summed E-state index contributed by atoms with van der Waals surface area (Å²) in [6.45, 7) is 1.99. The number of nitrogens with one attached hydrogen (secondary N) is 1. The molecule has 0 aliphatic carbocycles. The van der Waals surface area contributed by atoms with Gasteiger partial charge in [-0.25, -0.2) is 4.68 Å². The van der Waals surface area contributed by atoms with Crippen molar-refractivity contribution in [2.75, 3.05) is 11.4 Å². The number of rotatable bonds is 4. The van der Waals surface area contributed by atoms with Crippen molar-refractivity contribution in [3.63, 3.8) is 0 Å². The van der Waals surface area contributed by atoms with E-state index in [1.54, 1.807) is 21.8 Å². The topological polar surface area (TPSA) is 76.5 Å². The molecular formula is C21H20N4O3. The van der Waals surface area contributed by atoms with E-state index < -0.39 is 6.10 Å². The summed E-state index contributed by atoms with van der Waals surface area (Å²) in [6, 6.07) is 17.0. The van der Waals surface area contributed by atoms with Gasteiger partial charge in [0.25, 0.3) is 5.91 Å². The quantitative estimate of drug-likeness (QED) is 0.758. The highest BCUT2D eigenvalue weighted by atomic mass is 16.5. The van der Waals surface area contributed by atoms with Gasteiger partial charge in [-0.15, -0.1) is 0 Å². The van der Waals surface area contributed by atoms with Gasteiger partial charge in [0.1, 0.15) is 5.75 Å². The summed E-state index contributed by atoms with van der Waals surface area (Å²) in [4.78, 5) is 26.2. The monoisotopic (exact) mass is 376 g/mol. The van der Waals surface area contributed by atoms with E-state index in [1.165, 1.54) is 6.92 Å². The van der Waals surface area contributed by atoms with Crippen molar-refractivity contribution in [1.82, 2.24) is 15.1 Å². The van der Waals surface area contributed by atoms with Gasteiger partial charge < -0.3 is 15.0 Å². The lowest BCUT2D eigenvalue weighted by Gasteiger charge is -2.33. The third kappa shape index (κ3) is 3.59. The molecule has 7 heteroatoms. The molecule has 0 bridgehead atoms. The zero-order valence-corrected chi connectivity index (χ0v) is 15.4. The largest absolute Gasteiger partial charge is 0.477 e. The standard InChI is InChI=1S/C21H20N4O3/c1-15(26)24-14-20(28-19-10-6-5-9-18(19)24)21(27)22-11-16-12-23-25(13-16)17-7-3-2-4-8-17/h2-10,12-13,20H,11,14H2,1H3,(H,22,27)/t20-/m1/s1. The molecule has 0 spiro atoms. The number of ether oxygens (including phenoxy) is 1. The van der Waals surface area contributed by atoms with Crippen LogP contribution in [0, 0.1) is 0 Å². The number of hydrogen-bond donors (Lipinski definition) is 1. The summed E-state index contributed by atoms with van der Waals surface area (Å²) in [7, 11) is 0. The minimum absolute atomic E-state index is 0.127. The maximum Gasteiger partial charge on any atom is 0.263 e. The lowest BCUT2D eigenvalue weighted by molar-refractivity contribution is -0.128. The van der Waals surface area contributed by atoms with E-state index in [1.807, 2.05) is 54.7 Å². The summed E-state index contributed by atoms with van der Waals surface area (Å²) >= 11 is 0. The van der Waals surface area contributed by atoms with Crippen LogP contribution in [0.15, 0.2) is 67.0 Å². The SMILES string of the molecule is CC(=O)N1C[C@H](C(=O)NCc2cnn(-c3ccccc3)c2)Oc2ccccc21. The Morgan fingerprint density at radius 1 is 1.14 bits per heavy atom. The van der Waals surface area contributed by atoms with Crippen LogP contribution in [0.25, 0.3) is 5.69 Å². The minimum atomic E-state index is -0.761. The molecule has 28 heavy (non-hydrogen) atoms. The lowest BCUT2D eigenvalue weighted by atomic mass is 10.1. The summed E-state index contributed by atoms with van der Waals surface area (Å²) in [6.07, 6.45) is 2.82. The zero-order chi connectivity index (χ0) is 19.5. The number of aromatic nitrogens is 2. The highest BCUT2D eigenvalue weighted by Gasteiger charge is 2.32. The summed E-state index contributed by atoms with van der Waals surface area (Å²) in [5, 5.41) is 7.19. The van der Waals surface area contributed by atoms with Gasteiger partial charge in [-0.1, -0.05) is 30.3 Å². The van der Waals surface area contributed by atoms with Gasteiger partial charge in [0, 0.05) is 25.2 Å². The zero-order valence-electron chi connectivity index (χ0n) is 15.4. The second-order valence-corrected chi connectivity index (χ2v) is 6.55. The van der Waals surface area contributed by atoms with Crippen LogP contribution in [0.1, 0.15) is 12.5 Å². The lowest BCUT2D eigenvalue weighted by Crippen LogP contribution is -2.50. The molecule has 1 atom stereocenters. The van der Waals surface area contributed by atoms with Gasteiger partial charge in [-0.05, 0) is 24.3 Å². The fraction of sp³-hybridized carbons (Fsp3) is 0.190. The van der Waals surface area contributed by atoms with Gasteiger partial charge >= 0.3 is 0 Å². The van der Waals surface area contributed by atoms with Crippen LogP contribution in [0.3, 0.4) is 0 Å². The van der Waals surface area contributed by atoms with Gasteiger partial charge in [0.2, 0.25) is 5.91 Å². The third-order valence-corrected chi connectivity index (χ3v) is 4.57. The van der Waals surface area contributed by atoms with Crippen molar-refractivity contribution >= 4 is 17.5 Å². The molecular weight excluding hydrogens is 356 g/mol. The first-order valence-corrected chi connectivity index (χ1v) is 9.02. The highest BCUT2D eigenvalue weighted by Crippen LogP contribution is 2.33. The number of amides is 2. The Kier molecular flexibility index (Phi) is 4.80. The van der Waals surface area contributed by atoms with E-state index in [9.17, 15) is 9.59 Å². The minimum Gasteiger partial charge on any atom is -0.477 e. The van der Waals surface area contributed by atoms with Gasteiger partial charge in [-0.2, -0.15) is 5.10 Å². The number of para-hydroxylation sites is 3. The Balaban J connectivity index is 1.42. The first kappa shape index (κ1) is 17.8. The maximum absolute atomic E-state index is 12.6. The van der Waals surface area contributed by atoms with Gasteiger partial charge in [-0.3, -0.25) is 9.59 Å². The number of hydrogen-bond acceptors (Lipinski definition) is 4. The molecule has 0 saturated heterocycles. The van der Waals surface area contributed by atoms with E-state index in [0.29, 0.717) is 18.0 Å².